The van der Waals surface area contributed by atoms with Gasteiger partial charge in [0.15, 0.2) is 0 Å². The molecule has 1 aromatic heterocycles. The van der Waals surface area contributed by atoms with E-state index in [0.29, 0.717) is 19.5 Å². The molecule has 0 aliphatic carbocycles. The standard InChI is InChI=1S/C23H28N4O2/c28-23(25-11-9-18-17-26-20-6-2-1-5-19(18)20)10-12-24-21-7-3-4-8-22(21)27-13-15-29-16-14-27/h1-8,17,24,26H,9-16H2,(H,25,28). The van der Waals surface area contributed by atoms with Crippen LogP contribution in [-0.2, 0) is 16.0 Å². The minimum Gasteiger partial charge on any atom is -0.383 e. The zero-order valence-electron chi connectivity index (χ0n) is 16.6. The van der Waals surface area contributed by atoms with Crippen LogP contribution in [0.3, 0.4) is 0 Å². The molecule has 2 aromatic carbocycles. The van der Waals surface area contributed by atoms with E-state index in [4.69, 9.17) is 4.74 Å². The molecule has 3 N–H and O–H groups in total. The van der Waals surface area contributed by atoms with E-state index in [1.165, 1.54) is 16.6 Å². The van der Waals surface area contributed by atoms with Crippen LogP contribution in [0.2, 0.25) is 0 Å². The van der Waals surface area contributed by atoms with Crippen LogP contribution >= 0.6 is 0 Å². The van der Waals surface area contributed by atoms with E-state index >= 15 is 0 Å². The molecule has 0 unspecified atom stereocenters. The number of aromatic amines is 1. The summed E-state index contributed by atoms with van der Waals surface area (Å²) < 4.78 is 5.44. The highest BCUT2D eigenvalue weighted by molar-refractivity contribution is 5.83. The predicted octanol–water partition coefficient (Wildman–Crippen LogP) is 3.17. The fraction of sp³-hybridized carbons (Fsp3) is 0.348. The number of para-hydroxylation sites is 3. The molecule has 3 aromatic rings. The maximum absolute atomic E-state index is 12.2. The summed E-state index contributed by atoms with van der Waals surface area (Å²) in [6, 6.07) is 16.5. The van der Waals surface area contributed by atoms with Gasteiger partial charge in [-0.1, -0.05) is 30.3 Å². The Labute approximate surface area is 171 Å². The van der Waals surface area contributed by atoms with E-state index in [2.05, 4.69) is 44.8 Å². The highest BCUT2D eigenvalue weighted by atomic mass is 16.5. The fourth-order valence-electron chi connectivity index (χ4n) is 3.78. The molecule has 2 heterocycles. The molecule has 1 fully saturated rings. The number of H-pyrrole nitrogens is 1. The summed E-state index contributed by atoms with van der Waals surface area (Å²) >= 11 is 0. The minimum atomic E-state index is 0.0706. The van der Waals surface area contributed by atoms with E-state index in [1.807, 2.05) is 30.5 Å². The second kappa shape index (κ2) is 9.47. The first-order valence-corrected chi connectivity index (χ1v) is 10.3. The topological polar surface area (TPSA) is 69.4 Å². The molecule has 0 atom stereocenters. The minimum absolute atomic E-state index is 0.0706. The van der Waals surface area contributed by atoms with Crippen molar-refractivity contribution >= 4 is 28.2 Å². The van der Waals surface area contributed by atoms with Crippen molar-refractivity contribution in [3.8, 4) is 0 Å². The van der Waals surface area contributed by atoms with E-state index < -0.39 is 0 Å². The van der Waals surface area contributed by atoms with Gasteiger partial charge >= 0.3 is 0 Å². The van der Waals surface area contributed by atoms with E-state index in [9.17, 15) is 4.79 Å². The number of hydrogen-bond acceptors (Lipinski definition) is 4. The molecule has 0 spiro atoms. The Kier molecular flexibility index (Phi) is 6.32. The van der Waals surface area contributed by atoms with Crippen molar-refractivity contribution in [2.45, 2.75) is 12.8 Å². The zero-order valence-corrected chi connectivity index (χ0v) is 16.6. The Hall–Kier alpha value is -2.99. The number of aromatic nitrogens is 1. The lowest BCUT2D eigenvalue weighted by molar-refractivity contribution is -0.120. The number of rotatable bonds is 8. The van der Waals surface area contributed by atoms with E-state index in [-0.39, 0.29) is 5.91 Å². The van der Waals surface area contributed by atoms with Crippen molar-refractivity contribution < 1.29 is 9.53 Å². The summed E-state index contributed by atoms with van der Waals surface area (Å²) in [6.07, 6.45) is 3.30. The molecule has 1 aliphatic heterocycles. The third-order valence-corrected chi connectivity index (χ3v) is 5.31. The number of anilines is 2. The Bertz CT molecular complexity index is 947. The molecule has 29 heavy (non-hydrogen) atoms. The highest BCUT2D eigenvalue weighted by Gasteiger charge is 2.14. The van der Waals surface area contributed by atoms with Crippen LogP contribution < -0.4 is 15.5 Å². The van der Waals surface area contributed by atoms with Crippen LogP contribution in [0.15, 0.2) is 54.7 Å². The van der Waals surface area contributed by atoms with Crippen molar-refractivity contribution in [2.24, 2.45) is 0 Å². The predicted molar refractivity (Wildman–Crippen MR) is 118 cm³/mol. The van der Waals surface area contributed by atoms with E-state index in [1.54, 1.807) is 0 Å². The van der Waals surface area contributed by atoms with Crippen LogP contribution in [0.5, 0.6) is 0 Å². The number of amides is 1. The SMILES string of the molecule is O=C(CCNc1ccccc1N1CCOCC1)NCCc1c[nH]c2ccccc12. The van der Waals surface area contributed by atoms with Crippen molar-refractivity contribution in [3.63, 3.8) is 0 Å². The summed E-state index contributed by atoms with van der Waals surface area (Å²) in [4.78, 5) is 17.8. The van der Waals surface area contributed by atoms with Gasteiger partial charge in [0, 0.05) is 49.7 Å². The average molecular weight is 393 g/mol. The largest absolute Gasteiger partial charge is 0.383 e. The van der Waals surface area contributed by atoms with Crippen LogP contribution in [0.1, 0.15) is 12.0 Å². The summed E-state index contributed by atoms with van der Waals surface area (Å²) in [7, 11) is 0. The molecule has 1 aliphatic rings. The Morgan fingerprint density at radius 3 is 2.72 bits per heavy atom. The molecule has 0 radical (unpaired) electrons. The second-order valence-corrected chi connectivity index (χ2v) is 7.25. The number of carbonyl (C=O) groups is 1. The van der Waals surface area contributed by atoms with Crippen LogP contribution in [0.4, 0.5) is 11.4 Å². The summed E-state index contributed by atoms with van der Waals surface area (Å²) in [6.45, 7) is 4.56. The fourth-order valence-corrected chi connectivity index (χ4v) is 3.78. The molecular weight excluding hydrogens is 364 g/mol. The van der Waals surface area contributed by atoms with Gasteiger partial charge in [-0.15, -0.1) is 0 Å². The lowest BCUT2D eigenvalue weighted by atomic mass is 10.1. The maximum atomic E-state index is 12.2. The van der Waals surface area contributed by atoms with Gasteiger partial charge in [-0.05, 0) is 30.2 Å². The van der Waals surface area contributed by atoms with Crippen LogP contribution in [0, 0.1) is 0 Å². The van der Waals surface area contributed by atoms with Crippen molar-refractivity contribution in [1.82, 2.24) is 10.3 Å². The molecule has 0 saturated carbocycles. The van der Waals surface area contributed by atoms with Gasteiger partial charge in [0.25, 0.3) is 0 Å². The summed E-state index contributed by atoms with van der Waals surface area (Å²) in [5.41, 5.74) is 4.62. The lowest BCUT2D eigenvalue weighted by Gasteiger charge is -2.30. The number of morpholine rings is 1. The maximum Gasteiger partial charge on any atom is 0.221 e. The van der Waals surface area contributed by atoms with Gasteiger partial charge in [0.05, 0.1) is 24.6 Å². The summed E-state index contributed by atoms with van der Waals surface area (Å²) in [5, 5.41) is 7.68. The van der Waals surface area contributed by atoms with Crippen LogP contribution in [-0.4, -0.2) is 50.3 Å². The smallest absolute Gasteiger partial charge is 0.221 e. The molecule has 152 valence electrons. The first-order valence-electron chi connectivity index (χ1n) is 10.3. The highest BCUT2D eigenvalue weighted by Crippen LogP contribution is 2.26. The number of fused-ring (bicyclic) bond motifs is 1. The average Bonchev–Trinajstić information content (AvgIpc) is 3.18. The van der Waals surface area contributed by atoms with Crippen molar-refractivity contribution in [1.29, 1.82) is 0 Å². The number of nitrogens with one attached hydrogen (secondary N) is 3. The number of benzene rings is 2. The van der Waals surface area contributed by atoms with Gasteiger partial charge in [-0.25, -0.2) is 0 Å². The molecule has 6 heteroatoms. The van der Waals surface area contributed by atoms with Crippen molar-refractivity contribution in [2.75, 3.05) is 49.6 Å². The molecule has 1 saturated heterocycles. The Morgan fingerprint density at radius 1 is 1.03 bits per heavy atom. The number of hydrogen-bond donors (Lipinski definition) is 3. The Balaban J connectivity index is 1.22. The number of carbonyl (C=O) groups excluding carboxylic acids is 1. The third kappa shape index (κ3) is 4.90. The second-order valence-electron chi connectivity index (χ2n) is 7.25. The molecular formula is C23H28N4O2. The third-order valence-electron chi connectivity index (χ3n) is 5.31. The van der Waals surface area contributed by atoms with Gasteiger partial charge in [-0.2, -0.15) is 0 Å². The lowest BCUT2D eigenvalue weighted by Crippen LogP contribution is -2.36. The Morgan fingerprint density at radius 2 is 1.83 bits per heavy atom. The molecule has 1 amide bonds. The number of ether oxygens (including phenoxy) is 1. The monoisotopic (exact) mass is 392 g/mol. The van der Waals surface area contributed by atoms with Crippen molar-refractivity contribution in [3.05, 3.63) is 60.3 Å². The van der Waals surface area contributed by atoms with Crippen LogP contribution in [0.25, 0.3) is 10.9 Å². The van der Waals surface area contributed by atoms with Gasteiger partial charge in [0.2, 0.25) is 5.91 Å². The quantitative estimate of drug-likeness (QED) is 0.551. The summed E-state index contributed by atoms with van der Waals surface area (Å²) in [5.74, 6) is 0.0706. The van der Waals surface area contributed by atoms with Gasteiger partial charge in [0.1, 0.15) is 0 Å². The molecule has 4 rings (SSSR count). The van der Waals surface area contributed by atoms with E-state index in [0.717, 1.165) is 43.9 Å². The zero-order chi connectivity index (χ0) is 19.9. The van der Waals surface area contributed by atoms with Gasteiger partial charge in [-0.3, -0.25) is 4.79 Å². The van der Waals surface area contributed by atoms with Gasteiger partial charge < -0.3 is 25.3 Å². The molecule has 0 bridgehead atoms. The first kappa shape index (κ1) is 19.3. The first-order chi connectivity index (χ1) is 14.3. The number of nitrogens with zero attached hydrogens (tertiary/aromatic N) is 1. The normalized spacial score (nSPS) is 14.1. The molecule has 6 nitrogen and oxygen atoms in total.